The Labute approximate surface area is 120 Å². The molecule has 2 aliphatic rings. The normalized spacial score (nSPS) is 34.7. The average molecular weight is 281 g/mol. The van der Waals surface area contributed by atoms with Crippen LogP contribution in [0.5, 0.6) is 0 Å². The fourth-order valence-electron chi connectivity index (χ4n) is 3.92. The maximum atomic E-state index is 6.76. The minimum atomic E-state index is -1.67. The van der Waals surface area contributed by atoms with Gasteiger partial charge in [-0.3, -0.25) is 0 Å². The van der Waals surface area contributed by atoms with Gasteiger partial charge in [-0.25, -0.2) is 0 Å². The van der Waals surface area contributed by atoms with E-state index in [-0.39, 0.29) is 0 Å². The Morgan fingerprint density at radius 2 is 1.79 bits per heavy atom. The topological polar surface area (TPSA) is 9.23 Å². The van der Waals surface area contributed by atoms with E-state index in [2.05, 4.69) is 54.3 Å². The van der Waals surface area contributed by atoms with E-state index in [9.17, 15) is 0 Å². The molecule has 0 aromatic heterocycles. The summed E-state index contributed by atoms with van der Waals surface area (Å²) in [6.45, 7) is 21.0. The molecule has 0 radical (unpaired) electrons. The molecule has 110 valence electrons. The molecular formula is C17H32OSi. The second kappa shape index (κ2) is 4.46. The Kier molecular flexibility index (Phi) is 3.59. The predicted molar refractivity (Wildman–Crippen MR) is 85.8 cm³/mol. The molecule has 2 bridgehead atoms. The molecule has 0 amide bonds. The second-order valence-corrected chi connectivity index (χ2v) is 13.6. The van der Waals surface area contributed by atoms with E-state index in [1.54, 1.807) is 0 Å². The van der Waals surface area contributed by atoms with Crippen molar-refractivity contribution in [2.45, 2.75) is 78.1 Å². The fourth-order valence-corrected chi connectivity index (χ4v) is 5.28. The Morgan fingerprint density at radius 3 is 2.32 bits per heavy atom. The molecule has 0 heterocycles. The van der Waals surface area contributed by atoms with Gasteiger partial charge in [0.1, 0.15) is 0 Å². The van der Waals surface area contributed by atoms with Gasteiger partial charge < -0.3 is 4.43 Å². The maximum Gasteiger partial charge on any atom is 0.192 e. The quantitative estimate of drug-likeness (QED) is 0.487. The van der Waals surface area contributed by atoms with Crippen molar-refractivity contribution in [2.24, 2.45) is 17.3 Å². The lowest BCUT2D eigenvalue weighted by molar-refractivity contribution is 0.0112. The molecule has 0 N–H and O–H groups in total. The first-order valence-electron chi connectivity index (χ1n) is 7.82. The molecule has 2 heteroatoms. The van der Waals surface area contributed by atoms with Gasteiger partial charge in [-0.05, 0) is 48.7 Å². The van der Waals surface area contributed by atoms with Crippen molar-refractivity contribution in [1.29, 1.82) is 0 Å². The summed E-state index contributed by atoms with van der Waals surface area (Å²) < 4.78 is 6.76. The lowest BCUT2D eigenvalue weighted by Gasteiger charge is -2.47. The van der Waals surface area contributed by atoms with Crippen molar-refractivity contribution in [3.63, 3.8) is 0 Å². The highest BCUT2D eigenvalue weighted by atomic mass is 28.4. The monoisotopic (exact) mass is 280 g/mol. The number of fused-ring (bicyclic) bond motifs is 2. The zero-order chi connectivity index (χ0) is 14.6. The van der Waals surface area contributed by atoms with Crippen molar-refractivity contribution in [1.82, 2.24) is 0 Å². The van der Waals surface area contributed by atoms with Gasteiger partial charge in [0, 0.05) is 5.92 Å². The van der Waals surface area contributed by atoms with Gasteiger partial charge in [-0.1, -0.05) is 46.8 Å². The fraction of sp³-hybridized carbons (Fsp3) is 0.882. The average Bonchev–Trinajstić information content (AvgIpc) is 2.34. The van der Waals surface area contributed by atoms with E-state index < -0.39 is 8.32 Å². The summed E-state index contributed by atoms with van der Waals surface area (Å²) >= 11 is 0. The number of hydrogen-bond donors (Lipinski definition) is 0. The molecule has 0 saturated heterocycles. The van der Waals surface area contributed by atoms with E-state index in [0.29, 0.717) is 22.5 Å². The summed E-state index contributed by atoms with van der Waals surface area (Å²) in [4.78, 5) is 0. The van der Waals surface area contributed by atoms with Gasteiger partial charge in [0.25, 0.3) is 0 Å². The van der Waals surface area contributed by atoms with Crippen LogP contribution in [-0.2, 0) is 4.43 Å². The van der Waals surface area contributed by atoms with E-state index in [4.69, 9.17) is 4.43 Å². The Balaban J connectivity index is 2.21. The predicted octanol–water partition coefficient (Wildman–Crippen LogP) is 5.39. The van der Waals surface area contributed by atoms with Crippen LogP contribution < -0.4 is 0 Å². The first-order chi connectivity index (χ1) is 8.47. The Hall–Kier alpha value is -0.0831. The Morgan fingerprint density at radius 1 is 1.21 bits per heavy atom. The van der Waals surface area contributed by atoms with Crippen molar-refractivity contribution in [3.05, 3.63) is 12.2 Å². The molecule has 3 atom stereocenters. The van der Waals surface area contributed by atoms with Crippen molar-refractivity contribution in [2.75, 3.05) is 0 Å². The zero-order valence-corrected chi connectivity index (χ0v) is 15.0. The summed E-state index contributed by atoms with van der Waals surface area (Å²) in [5.74, 6) is 1.42. The molecule has 0 spiro atoms. The Bertz CT molecular complexity index is 375. The summed E-state index contributed by atoms with van der Waals surface area (Å²) in [7, 11) is -1.67. The van der Waals surface area contributed by atoms with Crippen LogP contribution in [0.4, 0.5) is 0 Å². The molecule has 2 saturated carbocycles. The summed E-state index contributed by atoms with van der Waals surface area (Å²) in [5, 5.41) is 0.300. The van der Waals surface area contributed by atoms with Crippen LogP contribution in [0.1, 0.15) is 53.9 Å². The van der Waals surface area contributed by atoms with Gasteiger partial charge in [0.15, 0.2) is 8.32 Å². The maximum absolute atomic E-state index is 6.76. The van der Waals surface area contributed by atoms with Crippen molar-refractivity contribution < 1.29 is 4.43 Å². The summed E-state index contributed by atoms with van der Waals surface area (Å²) in [6.07, 6.45) is 4.21. The van der Waals surface area contributed by atoms with Crippen LogP contribution in [0.3, 0.4) is 0 Å². The van der Waals surface area contributed by atoms with Gasteiger partial charge in [0.2, 0.25) is 0 Å². The third-order valence-electron chi connectivity index (χ3n) is 6.23. The SMILES string of the molecule is C=C1CC2CC[C@@H](O[Si](C)(C)C(C)(C)C)C1C2(C)C. The largest absolute Gasteiger partial charge is 0.413 e. The van der Waals surface area contributed by atoms with Gasteiger partial charge in [0.05, 0.1) is 6.10 Å². The summed E-state index contributed by atoms with van der Waals surface area (Å²) in [6, 6.07) is 0. The standard InChI is InChI=1S/C17H32OSi/c1-12-11-13-9-10-14(15(12)17(13,5)6)18-19(7,8)16(2,3)4/h13-15H,1,9-11H2,2-8H3/t13?,14-,15?/m1/s1. The molecule has 1 nitrogen and oxygen atoms in total. The van der Waals surface area contributed by atoms with E-state index >= 15 is 0 Å². The highest BCUT2D eigenvalue weighted by Gasteiger charge is 2.53. The molecule has 2 fully saturated rings. The minimum absolute atomic E-state index is 0.300. The zero-order valence-electron chi connectivity index (χ0n) is 14.0. The second-order valence-electron chi connectivity index (χ2n) is 8.85. The minimum Gasteiger partial charge on any atom is -0.413 e. The third kappa shape index (κ3) is 2.46. The molecule has 19 heavy (non-hydrogen) atoms. The van der Waals surface area contributed by atoms with E-state index in [0.717, 1.165) is 5.92 Å². The highest BCUT2D eigenvalue weighted by molar-refractivity contribution is 6.74. The van der Waals surface area contributed by atoms with Crippen LogP contribution >= 0.6 is 0 Å². The van der Waals surface area contributed by atoms with Crippen molar-refractivity contribution in [3.8, 4) is 0 Å². The van der Waals surface area contributed by atoms with Crippen LogP contribution in [0, 0.1) is 17.3 Å². The van der Waals surface area contributed by atoms with Crippen LogP contribution in [0.25, 0.3) is 0 Å². The third-order valence-corrected chi connectivity index (χ3v) is 10.7. The number of hydrogen-bond acceptors (Lipinski definition) is 1. The lowest BCUT2D eigenvalue weighted by Crippen LogP contribution is -2.49. The molecule has 2 rings (SSSR count). The molecular weight excluding hydrogens is 248 g/mol. The lowest BCUT2D eigenvalue weighted by atomic mass is 9.66. The molecule has 0 aliphatic heterocycles. The smallest absolute Gasteiger partial charge is 0.192 e. The molecule has 0 aromatic carbocycles. The van der Waals surface area contributed by atoms with Crippen LogP contribution in [-0.4, -0.2) is 14.4 Å². The molecule has 0 aromatic rings. The van der Waals surface area contributed by atoms with Gasteiger partial charge in [-0.15, -0.1) is 0 Å². The van der Waals surface area contributed by atoms with E-state index in [1.165, 1.54) is 24.8 Å². The molecule has 2 aliphatic carbocycles. The number of rotatable bonds is 2. The summed E-state index contributed by atoms with van der Waals surface area (Å²) in [5.41, 5.74) is 1.85. The van der Waals surface area contributed by atoms with Crippen LogP contribution in [0.15, 0.2) is 12.2 Å². The van der Waals surface area contributed by atoms with Gasteiger partial charge in [-0.2, -0.15) is 0 Å². The van der Waals surface area contributed by atoms with E-state index in [1.807, 2.05) is 0 Å². The molecule has 2 unspecified atom stereocenters. The van der Waals surface area contributed by atoms with Crippen molar-refractivity contribution >= 4 is 8.32 Å². The first-order valence-corrected chi connectivity index (χ1v) is 10.7. The highest BCUT2D eigenvalue weighted by Crippen LogP contribution is 2.58. The first kappa shape index (κ1) is 15.3. The van der Waals surface area contributed by atoms with Gasteiger partial charge >= 0.3 is 0 Å². The van der Waals surface area contributed by atoms with Crippen LogP contribution in [0.2, 0.25) is 18.1 Å².